The second-order valence-corrected chi connectivity index (χ2v) is 9.22. The normalized spacial score (nSPS) is 11.2. The van der Waals surface area contributed by atoms with E-state index in [2.05, 4.69) is 15.5 Å². The third-order valence-corrected chi connectivity index (χ3v) is 7.12. The van der Waals surface area contributed by atoms with Gasteiger partial charge in [-0.2, -0.15) is 8.42 Å². The molecule has 0 saturated heterocycles. The summed E-state index contributed by atoms with van der Waals surface area (Å²) in [5, 5.41) is 10.3. The third kappa shape index (κ3) is 4.20. The number of aromatic nitrogens is 2. The first-order valence-electron chi connectivity index (χ1n) is 8.62. The highest BCUT2D eigenvalue weighted by Gasteiger charge is 2.28. The highest BCUT2D eigenvalue weighted by atomic mass is 32.2. The van der Waals surface area contributed by atoms with Gasteiger partial charge in [0.1, 0.15) is 0 Å². The lowest BCUT2D eigenvalue weighted by Gasteiger charge is -2.21. The fraction of sp³-hybridized carbons (Fsp3) is 0.211. The number of rotatable bonds is 6. The van der Waals surface area contributed by atoms with E-state index in [1.165, 1.54) is 4.31 Å². The molecule has 1 amide bonds. The smallest absolute Gasteiger partial charge is 0.293 e. The number of nitrogens with zero attached hydrogens (tertiary/aromatic N) is 3. The van der Waals surface area contributed by atoms with E-state index in [9.17, 15) is 13.2 Å². The average molecular weight is 417 g/mol. The maximum atomic E-state index is 13.0. The van der Waals surface area contributed by atoms with Crippen molar-refractivity contribution in [2.24, 2.45) is 0 Å². The number of aryl methyl sites for hydroxylation is 2. The minimum Gasteiger partial charge on any atom is -0.296 e. The Kier molecular flexibility index (Phi) is 5.76. The second-order valence-electron chi connectivity index (χ2n) is 6.20. The van der Waals surface area contributed by atoms with Gasteiger partial charge in [0.25, 0.3) is 20.3 Å². The fourth-order valence-electron chi connectivity index (χ4n) is 2.61. The van der Waals surface area contributed by atoms with E-state index in [0.717, 1.165) is 22.5 Å². The minimum atomic E-state index is -3.88. The lowest BCUT2D eigenvalue weighted by molar-refractivity contribution is 0.102. The zero-order valence-corrected chi connectivity index (χ0v) is 17.3. The molecule has 1 N–H and O–H groups in total. The predicted molar refractivity (Wildman–Crippen MR) is 110 cm³/mol. The topological polar surface area (TPSA) is 92.3 Å². The van der Waals surface area contributed by atoms with Gasteiger partial charge in [0, 0.05) is 12.1 Å². The van der Waals surface area contributed by atoms with Crippen molar-refractivity contribution in [3.05, 3.63) is 65.2 Å². The summed E-state index contributed by atoms with van der Waals surface area (Å²) in [7, 11) is -3.88. The Balaban J connectivity index is 1.83. The summed E-state index contributed by atoms with van der Waals surface area (Å²) in [6.45, 7) is 5.82. The molecule has 7 nitrogen and oxygen atoms in total. The Morgan fingerprint density at radius 1 is 1.07 bits per heavy atom. The van der Waals surface area contributed by atoms with Gasteiger partial charge in [-0.25, -0.2) is 0 Å². The predicted octanol–water partition coefficient (Wildman–Crippen LogP) is 3.62. The van der Waals surface area contributed by atoms with Gasteiger partial charge in [-0.1, -0.05) is 41.2 Å². The molecular formula is C19H20N4O3S2. The minimum absolute atomic E-state index is 0.129. The summed E-state index contributed by atoms with van der Waals surface area (Å²) in [5.74, 6) is -0.369. The molecule has 0 aliphatic rings. The molecule has 0 radical (unpaired) electrons. The molecular weight excluding hydrogens is 396 g/mol. The molecule has 9 heteroatoms. The van der Waals surface area contributed by atoms with E-state index in [-0.39, 0.29) is 21.9 Å². The molecule has 0 aliphatic heterocycles. The quantitative estimate of drug-likeness (QED) is 0.620. The van der Waals surface area contributed by atoms with Crippen LogP contribution in [0.3, 0.4) is 0 Å². The van der Waals surface area contributed by atoms with Gasteiger partial charge >= 0.3 is 0 Å². The fourth-order valence-corrected chi connectivity index (χ4v) is 5.07. The van der Waals surface area contributed by atoms with Crippen molar-refractivity contribution in [2.75, 3.05) is 16.2 Å². The summed E-state index contributed by atoms with van der Waals surface area (Å²) >= 11 is 0.825. The number of carbonyl (C=O) groups is 1. The molecule has 0 unspecified atom stereocenters. The first-order valence-corrected chi connectivity index (χ1v) is 10.9. The highest BCUT2D eigenvalue weighted by molar-refractivity contribution is 7.94. The Hall–Kier alpha value is -2.78. The molecule has 28 heavy (non-hydrogen) atoms. The number of hydrogen-bond acceptors (Lipinski definition) is 6. The van der Waals surface area contributed by atoms with Crippen LogP contribution in [0.15, 0.2) is 52.9 Å². The van der Waals surface area contributed by atoms with Gasteiger partial charge in [0.15, 0.2) is 0 Å². The van der Waals surface area contributed by atoms with E-state index in [0.29, 0.717) is 11.3 Å². The van der Waals surface area contributed by atoms with Crippen LogP contribution >= 0.6 is 11.3 Å². The largest absolute Gasteiger partial charge is 0.296 e. The molecule has 0 atom stereocenters. The van der Waals surface area contributed by atoms with Crippen molar-refractivity contribution in [2.45, 2.75) is 25.1 Å². The highest BCUT2D eigenvalue weighted by Crippen LogP contribution is 2.28. The monoisotopic (exact) mass is 416 g/mol. The molecule has 1 aromatic heterocycles. The number of anilines is 2. The van der Waals surface area contributed by atoms with Gasteiger partial charge in [-0.3, -0.25) is 14.4 Å². The first-order chi connectivity index (χ1) is 13.3. The van der Waals surface area contributed by atoms with Crippen LogP contribution in [0, 0.1) is 13.8 Å². The lowest BCUT2D eigenvalue weighted by Crippen LogP contribution is -2.30. The summed E-state index contributed by atoms with van der Waals surface area (Å²) in [6, 6.07) is 14.3. The van der Waals surface area contributed by atoms with Gasteiger partial charge in [0.2, 0.25) is 5.13 Å². The summed E-state index contributed by atoms with van der Waals surface area (Å²) in [5.41, 5.74) is 3.01. The Bertz CT molecular complexity index is 1090. The Morgan fingerprint density at radius 3 is 2.43 bits per heavy atom. The van der Waals surface area contributed by atoms with Gasteiger partial charge in [-0.15, -0.1) is 10.2 Å². The van der Waals surface area contributed by atoms with E-state index < -0.39 is 10.0 Å². The molecule has 0 spiro atoms. The maximum absolute atomic E-state index is 13.0. The van der Waals surface area contributed by atoms with Crippen molar-refractivity contribution in [1.29, 1.82) is 0 Å². The number of amides is 1. The molecule has 1 heterocycles. The van der Waals surface area contributed by atoms with Crippen molar-refractivity contribution in [1.82, 2.24) is 10.2 Å². The summed E-state index contributed by atoms with van der Waals surface area (Å²) < 4.78 is 27.1. The molecule has 0 aliphatic carbocycles. The van der Waals surface area contributed by atoms with Crippen LogP contribution < -0.4 is 9.62 Å². The van der Waals surface area contributed by atoms with Gasteiger partial charge < -0.3 is 0 Å². The molecule has 0 saturated carbocycles. The SMILES string of the molecule is CCN(c1cccc(C)c1)S(=O)(=O)c1nnc(NC(=O)c2ccc(C)cc2)s1. The standard InChI is InChI=1S/C19H20N4O3S2/c1-4-23(16-7-5-6-14(3)12-16)28(25,26)19-22-21-18(27-19)20-17(24)15-10-8-13(2)9-11-15/h5-12H,4H2,1-3H3,(H,20,21,24). The maximum Gasteiger partial charge on any atom is 0.293 e. The molecule has 2 aromatic carbocycles. The van der Waals surface area contributed by atoms with E-state index in [1.54, 1.807) is 37.3 Å². The average Bonchev–Trinajstić information content (AvgIpc) is 3.12. The van der Waals surface area contributed by atoms with Crippen LogP contribution in [0.25, 0.3) is 0 Å². The van der Waals surface area contributed by atoms with Crippen LogP contribution in [0.4, 0.5) is 10.8 Å². The van der Waals surface area contributed by atoms with Gasteiger partial charge in [-0.05, 0) is 50.6 Å². The molecule has 0 bridgehead atoms. The number of sulfonamides is 1. The number of carbonyl (C=O) groups excluding carboxylic acids is 1. The van der Waals surface area contributed by atoms with Gasteiger partial charge in [0.05, 0.1) is 5.69 Å². The summed E-state index contributed by atoms with van der Waals surface area (Å²) in [6.07, 6.45) is 0. The van der Waals surface area contributed by atoms with Crippen molar-refractivity contribution in [3.8, 4) is 0 Å². The van der Waals surface area contributed by atoms with Crippen molar-refractivity contribution < 1.29 is 13.2 Å². The third-order valence-electron chi connectivity index (χ3n) is 4.03. The Labute approximate surface area is 168 Å². The van der Waals surface area contributed by atoms with Crippen molar-refractivity contribution in [3.63, 3.8) is 0 Å². The van der Waals surface area contributed by atoms with Crippen LogP contribution in [-0.2, 0) is 10.0 Å². The first kappa shape index (κ1) is 20.0. The molecule has 3 aromatic rings. The molecule has 3 rings (SSSR count). The number of benzene rings is 2. The Morgan fingerprint density at radius 2 is 1.79 bits per heavy atom. The van der Waals surface area contributed by atoms with Crippen LogP contribution in [0.5, 0.6) is 0 Å². The van der Waals surface area contributed by atoms with Crippen LogP contribution in [0.2, 0.25) is 0 Å². The molecule has 146 valence electrons. The zero-order chi connectivity index (χ0) is 20.3. The summed E-state index contributed by atoms with van der Waals surface area (Å²) in [4.78, 5) is 12.3. The lowest BCUT2D eigenvalue weighted by atomic mass is 10.1. The van der Waals surface area contributed by atoms with Crippen molar-refractivity contribution >= 4 is 38.1 Å². The molecule has 0 fully saturated rings. The number of nitrogens with one attached hydrogen (secondary N) is 1. The number of hydrogen-bond donors (Lipinski definition) is 1. The van der Waals surface area contributed by atoms with E-state index in [1.807, 2.05) is 32.0 Å². The zero-order valence-electron chi connectivity index (χ0n) is 15.7. The van der Waals surface area contributed by atoms with Crippen LogP contribution in [0.1, 0.15) is 28.4 Å². The van der Waals surface area contributed by atoms with E-state index in [4.69, 9.17) is 0 Å². The van der Waals surface area contributed by atoms with E-state index >= 15 is 0 Å². The van der Waals surface area contributed by atoms with Crippen LogP contribution in [-0.4, -0.2) is 31.1 Å². The second kappa shape index (κ2) is 8.07.